The van der Waals surface area contributed by atoms with Gasteiger partial charge in [0.25, 0.3) is 0 Å². The summed E-state index contributed by atoms with van der Waals surface area (Å²) in [6.07, 6.45) is 1.57. The zero-order valence-corrected chi connectivity index (χ0v) is 7.78. The van der Waals surface area contributed by atoms with Crippen molar-refractivity contribution >= 4 is 11.0 Å². The van der Waals surface area contributed by atoms with Crippen LogP contribution in [0.1, 0.15) is 0 Å². The molecule has 2 aromatic rings. The van der Waals surface area contributed by atoms with Gasteiger partial charge in [0.05, 0.1) is 0 Å². The van der Waals surface area contributed by atoms with Crippen molar-refractivity contribution in [2.24, 2.45) is 0 Å². The summed E-state index contributed by atoms with van der Waals surface area (Å²) < 4.78 is 0. The van der Waals surface area contributed by atoms with Gasteiger partial charge in [-0.2, -0.15) is 0 Å². The molecule has 2 nitrogen and oxygen atoms in total. The van der Waals surface area contributed by atoms with E-state index >= 15 is 0 Å². The zero-order chi connectivity index (χ0) is 6.10. The van der Waals surface area contributed by atoms with Gasteiger partial charge in [-0.25, -0.2) is 0 Å². The molecule has 0 aliphatic heterocycles. The van der Waals surface area contributed by atoms with Gasteiger partial charge in [-0.15, -0.1) is 0 Å². The second-order valence-electron chi connectivity index (χ2n) is 1.86. The number of aromatic nitrogens is 2. The van der Waals surface area contributed by atoms with Gasteiger partial charge in [0.1, 0.15) is 0 Å². The van der Waals surface area contributed by atoms with Crippen molar-refractivity contribution in [2.75, 3.05) is 0 Å². The van der Waals surface area contributed by atoms with Crippen LogP contribution in [0.25, 0.3) is 11.0 Å². The summed E-state index contributed by atoms with van der Waals surface area (Å²) >= 11 is 0. The first-order chi connectivity index (χ1) is 4.47. The average Bonchev–Trinajstić information content (AvgIpc) is 2.33. The predicted molar refractivity (Wildman–Crippen MR) is 35.1 cm³/mol. The maximum atomic E-state index is 4.01. The van der Waals surface area contributed by atoms with Gasteiger partial charge >= 0.3 is 29.6 Å². The molecule has 3 heteroatoms. The molecule has 1 heterocycles. The molecule has 0 saturated carbocycles. The van der Waals surface area contributed by atoms with Gasteiger partial charge in [0, 0.05) is 0 Å². The third-order valence-electron chi connectivity index (χ3n) is 1.28. The van der Waals surface area contributed by atoms with Crippen LogP contribution in [-0.2, 0) is 0 Å². The van der Waals surface area contributed by atoms with Crippen LogP contribution in [0.2, 0.25) is 0 Å². The number of fused-ring (bicyclic) bond motifs is 1. The monoisotopic (exact) mass is 140 g/mol. The maximum Gasteiger partial charge on any atom is 1.00 e. The molecule has 0 amide bonds. The van der Waals surface area contributed by atoms with Crippen LogP contribution < -0.4 is 34.5 Å². The van der Waals surface area contributed by atoms with Crippen molar-refractivity contribution < 1.29 is 29.6 Å². The molecular weight excluding hydrogens is 135 g/mol. The van der Waals surface area contributed by atoms with Crippen LogP contribution >= 0.6 is 0 Å². The molecule has 1 aromatic heterocycles. The third kappa shape index (κ3) is 1.24. The largest absolute Gasteiger partial charge is 1.00 e. The summed E-state index contributed by atoms with van der Waals surface area (Å²) in [6.45, 7) is 0. The van der Waals surface area contributed by atoms with E-state index < -0.39 is 0 Å². The van der Waals surface area contributed by atoms with E-state index in [0.29, 0.717) is 0 Å². The van der Waals surface area contributed by atoms with Crippen molar-refractivity contribution in [3.63, 3.8) is 0 Å². The molecule has 0 bridgehead atoms. The van der Waals surface area contributed by atoms with Crippen LogP contribution in [0.15, 0.2) is 30.6 Å². The summed E-state index contributed by atoms with van der Waals surface area (Å²) in [5, 5.41) is 0. The Bertz CT molecular complexity index is 286. The molecule has 0 N–H and O–H groups in total. The Kier molecular flexibility index (Phi) is 2.49. The summed E-state index contributed by atoms with van der Waals surface area (Å²) in [7, 11) is 0. The van der Waals surface area contributed by atoms with Crippen molar-refractivity contribution in [3.8, 4) is 0 Å². The first-order valence-electron chi connectivity index (χ1n) is 2.79. The molecule has 0 spiro atoms. The van der Waals surface area contributed by atoms with Crippen LogP contribution in [0.4, 0.5) is 0 Å². The Morgan fingerprint density at radius 1 is 1.20 bits per heavy atom. The second-order valence-corrected chi connectivity index (χ2v) is 1.86. The fourth-order valence-corrected chi connectivity index (χ4v) is 0.836. The van der Waals surface area contributed by atoms with E-state index in [4.69, 9.17) is 0 Å². The average molecular weight is 140 g/mol. The van der Waals surface area contributed by atoms with Gasteiger partial charge in [0.15, 0.2) is 0 Å². The molecule has 0 aliphatic carbocycles. The SMILES string of the molecule is [Na+].c1ccc2[n-]cnc2c1. The van der Waals surface area contributed by atoms with E-state index in [0.717, 1.165) is 11.0 Å². The molecule has 1 aromatic carbocycles. The van der Waals surface area contributed by atoms with E-state index in [-0.39, 0.29) is 29.6 Å². The number of para-hydroxylation sites is 2. The number of nitrogens with zero attached hydrogens (tertiary/aromatic N) is 2. The first kappa shape index (κ1) is 7.79. The van der Waals surface area contributed by atoms with E-state index in [2.05, 4.69) is 9.97 Å². The van der Waals surface area contributed by atoms with E-state index in [9.17, 15) is 0 Å². The molecule has 10 heavy (non-hydrogen) atoms. The Balaban J connectivity index is 0.000000500. The summed E-state index contributed by atoms with van der Waals surface area (Å²) in [5.41, 5.74) is 1.94. The van der Waals surface area contributed by atoms with Crippen molar-refractivity contribution in [2.45, 2.75) is 0 Å². The van der Waals surface area contributed by atoms with Crippen LogP contribution in [0, 0.1) is 0 Å². The normalized spacial score (nSPS) is 9.20. The number of rotatable bonds is 0. The zero-order valence-electron chi connectivity index (χ0n) is 5.78. The van der Waals surface area contributed by atoms with Crippen molar-refractivity contribution in [3.05, 3.63) is 30.6 Å². The quantitative estimate of drug-likeness (QED) is 0.403. The molecule has 0 saturated heterocycles. The molecular formula is C7H5N2Na. The maximum absolute atomic E-state index is 4.01. The number of imidazole rings is 1. The predicted octanol–water partition coefficient (Wildman–Crippen LogP) is -1.80. The molecule has 0 radical (unpaired) electrons. The molecule has 0 atom stereocenters. The first-order valence-corrected chi connectivity index (χ1v) is 2.79. The van der Waals surface area contributed by atoms with E-state index in [1.165, 1.54) is 0 Å². The van der Waals surface area contributed by atoms with Crippen LogP contribution in [0.5, 0.6) is 0 Å². The van der Waals surface area contributed by atoms with Gasteiger partial charge < -0.3 is 9.97 Å². The third-order valence-corrected chi connectivity index (χ3v) is 1.28. The van der Waals surface area contributed by atoms with Gasteiger partial charge in [-0.3, -0.25) is 0 Å². The van der Waals surface area contributed by atoms with Crippen molar-refractivity contribution in [1.29, 1.82) is 0 Å². The topological polar surface area (TPSA) is 27.0 Å². The van der Waals surface area contributed by atoms with Crippen molar-refractivity contribution in [1.82, 2.24) is 9.97 Å². The fourth-order valence-electron chi connectivity index (χ4n) is 0.836. The minimum absolute atomic E-state index is 0. The fraction of sp³-hybridized carbons (Fsp3) is 0. The smallest absolute Gasteiger partial charge is 0.443 e. The van der Waals surface area contributed by atoms with E-state index in [1.54, 1.807) is 6.33 Å². The Labute approximate surface area is 81.0 Å². The van der Waals surface area contributed by atoms with Gasteiger partial charge in [-0.1, -0.05) is 30.6 Å². The molecule has 0 unspecified atom stereocenters. The van der Waals surface area contributed by atoms with E-state index in [1.807, 2.05) is 24.3 Å². The Morgan fingerprint density at radius 3 is 2.80 bits per heavy atom. The Morgan fingerprint density at radius 2 is 2.00 bits per heavy atom. The molecule has 0 fully saturated rings. The summed E-state index contributed by atoms with van der Waals surface area (Å²) in [4.78, 5) is 8.02. The van der Waals surface area contributed by atoms with Crippen LogP contribution in [-0.4, -0.2) is 4.98 Å². The van der Waals surface area contributed by atoms with Crippen LogP contribution in [0.3, 0.4) is 0 Å². The number of hydrogen-bond acceptors (Lipinski definition) is 1. The standard InChI is InChI=1S/C7H5N2.Na/c1-2-4-7-6(3-1)8-5-9-7;/h1-5H;/q-1;+1. The second kappa shape index (κ2) is 3.19. The molecule has 2 rings (SSSR count). The minimum atomic E-state index is 0. The van der Waals surface area contributed by atoms with Gasteiger partial charge in [-0.05, 0) is 11.0 Å². The minimum Gasteiger partial charge on any atom is -0.443 e. The molecule has 44 valence electrons. The summed E-state index contributed by atoms with van der Waals surface area (Å²) in [6, 6.07) is 7.80. The van der Waals surface area contributed by atoms with Gasteiger partial charge in [0.2, 0.25) is 0 Å². The summed E-state index contributed by atoms with van der Waals surface area (Å²) in [5.74, 6) is 0. The number of benzene rings is 1. The molecule has 0 aliphatic rings. The Hall–Kier alpha value is -0.310. The number of hydrogen-bond donors (Lipinski definition) is 0.